The van der Waals surface area contributed by atoms with E-state index >= 15 is 0 Å². The van der Waals surface area contributed by atoms with Gasteiger partial charge in [-0.3, -0.25) is 0 Å². The third-order valence-electron chi connectivity index (χ3n) is 3.58. The van der Waals surface area contributed by atoms with Crippen molar-refractivity contribution in [2.75, 3.05) is 20.2 Å². The number of rotatable bonds is 8. The molecule has 0 aliphatic rings. The van der Waals surface area contributed by atoms with Crippen molar-refractivity contribution < 1.29 is 9.47 Å². The molecule has 0 radical (unpaired) electrons. The van der Waals surface area contributed by atoms with Crippen LogP contribution < -0.4 is 20.1 Å². The Labute approximate surface area is 150 Å². The number of para-hydroxylation sites is 2. The minimum atomic E-state index is 0.0255. The van der Waals surface area contributed by atoms with E-state index in [-0.39, 0.29) is 6.10 Å². The summed E-state index contributed by atoms with van der Waals surface area (Å²) >= 11 is 0. The first-order valence-electron chi connectivity index (χ1n) is 8.58. The predicted octanol–water partition coefficient (Wildman–Crippen LogP) is 3.22. The number of aliphatic imine (C=N–C) groups is 1. The van der Waals surface area contributed by atoms with Crippen LogP contribution in [0.4, 0.5) is 0 Å². The van der Waals surface area contributed by atoms with E-state index in [9.17, 15) is 0 Å². The van der Waals surface area contributed by atoms with Crippen LogP contribution in [0.1, 0.15) is 19.4 Å². The van der Waals surface area contributed by atoms with E-state index in [4.69, 9.17) is 9.47 Å². The van der Waals surface area contributed by atoms with E-state index in [1.54, 1.807) is 7.11 Å². The van der Waals surface area contributed by atoms with Gasteiger partial charge in [0.15, 0.2) is 5.96 Å². The second-order valence-corrected chi connectivity index (χ2v) is 5.63. The van der Waals surface area contributed by atoms with Gasteiger partial charge in [-0.1, -0.05) is 36.4 Å². The molecule has 0 aromatic heterocycles. The summed E-state index contributed by atoms with van der Waals surface area (Å²) in [6.07, 6.45) is 0.0255. The first-order chi connectivity index (χ1) is 12.2. The van der Waals surface area contributed by atoms with Crippen molar-refractivity contribution >= 4 is 5.96 Å². The number of nitrogens with zero attached hydrogens (tertiary/aromatic N) is 1. The van der Waals surface area contributed by atoms with E-state index in [2.05, 4.69) is 15.6 Å². The Morgan fingerprint density at radius 3 is 2.48 bits per heavy atom. The Kier molecular flexibility index (Phi) is 7.63. The largest absolute Gasteiger partial charge is 0.496 e. The van der Waals surface area contributed by atoms with Gasteiger partial charge in [-0.25, -0.2) is 4.99 Å². The van der Waals surface area contributed by atoms with E-state index < -0.39 is 0 Å². The zero-order valence-electron chi connectivity index (χ0n) is 15.2. The average Bonchev–Trinajstić information content (AvgIpc) is 2.65. The highest BCUT2D eigenvalue weighted by atomic mass is 16.5. The zero-order chi connectivity index (χ0) is 17.9. The van der Waals surface area contributed by atoms with E-state index in [0.717, 1.165) is 29.6 Å². The lowest BCUT2D eigenvalue weighted by molar-refractivity contribution is 0.224. The van der Waals surface area contributed by atoms with Crippen molar-refractivity contribution in [1.82, 2.24) is 10.6 Å². The minimum absolute atomic E-state index is 0.0255. The number of guanidine groups is 1. The molecular formula is C20H27N3O2. The maximum Gasteiger partial charge on any atom is 0.191 e. The first kappa shape index (κ1) is 18.6. The van der Waals surface area contributed by atoms with Crippen LogP contribution in [0.2, 0.25) is 0 Å². The van der Waals surface area contributed by atoms with Crippen LogP contribution in [0.25, 0.3) is 0 Å². The molecule has 0 saturated heterocycles. The monoisotopic (exact) mass is 341 g/mol. The lowest BCUT2D eigenvalue weighted by Gasteiger charge is -2.17. The molecule has 0 saturated carbocycles. The van der Waals surface area contributed by atoms with Crippen LogP contribution in [0, 0.1) is 0 Å². The van der Waals surface area contributed by atoms with Crippen molar-refractivity contribution in [3.63, 3.8) is 0 Å². The highest BCUT2D eigenvalue weighted by Crippen LogP contribution is 2.17. The predicted molar refractivity (Wildman–Crippen MR) is 102 cm³/mol. The van der Waals surface area contributed by atoms with Crippen LogP contribution in [0.3, 0.4) is 0 Å². The van der Waals surface area contributed by atoms with Crippen LogP contribution >= 0.6 is 0 Å². The maximum atomic E-state index is 5.88. The summed E-state index contributed by atoms with van der Waals surface area (Å²) in [6.45, 7) is 6.08. The van der Waals surface area contributed by atoms with Crippen LogP contribution in [-0.4, -0.2) is 32.3 Å². The van der Waals surface area contributed by atoms with Gasteiger partial charge in [0.2, 0.25) is 0 Å². The SMILES string of the molecule is CCNC(=NCc1ccccc1OC)NCC(C)Oc1ccccc1. The Bertz CT molecular complexity index is 659. The fourth-order valence-electron chi connectivity index (χ4n) is 2.35. The topological polar surface area (TPSA) is 54.9 Å². The zero-order valence-corrected chi connectivity index (χ0v) is 15.2. The Morgan fingerprint density at radius 1 is 1.04 bits per heavy atom. The summed E-state index contributed by atoms with van der Waals surface area (Å²) in [5.41, 5.74) is 1.05. The summed E-state index contributed by atoms with van der Waals surface area (Å²) in [6, 6.07) is 17.7. The van der Waals surface area contributed by atoms with Crippen molar-refractivity contribution in [1.29, 1.82) is 0 Å². The van der Waals surface area contributed by atoms with Crippen molar-refractivity contribution in [3.05, 3.63) is 60.2 Å². The van der Waals surface area contributed by atoms with Crippen LogP contribution in [-0.2, 0) is 6.54 Å². The number of ether oxygens (including phenoxy) is 2. The summed E-state index contributed by atoms with van der Waals surface area (Å²) in [7, 11) is 1.68. The van der Waals surface area contributed by atoms with Crippen molar-refractivity contribution in [3.8, 4) is 11.5 Å². The number of methoxy groups -OCH3 is 1. The molecule has 0 aliphatic heterocycles. The quantitative estimate of drug-likeness (QED) is 0.572. The number of hydrogen-bond donors (Lipinski definition) is 2. The third-order valence-corrected chi connectivity index (χ3v) is 3.58. The number of hydrogen-bond acceptors (Lipinski definition) is 3. The Hall–Kier alpha value is -2.69. The molecule has 1 atom stereocenters. The van der Waals surface area contributed by atoms with Gasteiger partial charge in [-0.15, -0.1) is 0 Å². The fourth-order valence-corrected chi connectivity index (χ4v) is 2.35. The normalized spacial score (nSPS) is 12.4. The van der Waals surface area contributed by atoms with Gasteiger partial charge in [0.25, 0.3) is 0 Å². The molecule has 5 nitrogen and oxygen atoms in total. The molecule has 0 aliphatic carbocycles. The van der Waals surface area contributed by atoms with Gasteiger partial charge >= 0.3 is 0 Å². The van der Waals surface area contributed by atoms with E-state index in [1.165, 1.54) is 0 Å². The Morgan fingerprint density at radius 2 is 1.76 bits per heavy atom. The standard InChI is InChI=1S/C20H27N3O2/c1-4-21-20(23-15-17-10-8-9-13-19(17)24-3)22-14-16(2)25-18-11-6-5-7-12-18/h5-13,16H,4,14-15H2,1-3H3,(H2,21,22,23). The first-order valence-corrected chi connectivity index (χ1v) is 8.58. The molecule has 5 heteroatoms. The molecule has 0 spiro atoms. The number of benzene rings is 2. The van der Waals surface area contributed by atoms with Gasteiger partial charge in [0.1, 0.15) is 17.6 Å². The number of nitrogens with one attached hydrogen (secondary N) is 2. The lowest BCUT2D eigenvalue weighted by atomic mass is 10.2. The summed E-state index contributed by atoms with van der Waals surface area (Å²) in [4.78, 5) is 4.63. The maximum absolute atomic E-state index is 5.88. The highest BCUT2D eigenvalue weighted by molar-refractivity contribution is 5.79. The minimum Gasteiger partial charge on any atom is -0.496 e. The van der Waals surface area contributed by atoms with Gasteiger partial charge in [0.05, 0.1) is 20.2 Å². The van der Waals surface area contributed by atoms with Gasteiger partial charge in [-0.05, 0) is 32.0 Å². The molecule has 1 unspecified atom stereocenters. The molecule has 0 heterocycles. The molecule has 2 aromatic carbocycles. The average molecular weight is 341 g/mol. The van der Waals surface area contributed by atoms with Gasteiger partial charge in [0, 0.05) is 12.1 Å². The molecule has 2 N–H and O–H groups in total. The molecule has 2 rings (SSSR count). The molecule has 0 fully saturated rings. The molecule has 25 heavy (non-hydrogen) atoms. The van der Waals surface area contributed by atoms with Crippen molar-refractivity contribution in [2.45, 2.75) is 26.5 Å². The Balaban J connectivity index is 1.91. The third kappa shape index (κ3) is 6.37. The second-order valence-electron chi connectivity index (χ2n) is 5.63. The summed E-state index contributed by atoms with van der Waals surface area (Å²) < 4.78 is 11.2. The van der Waals surface area contributed by atoms with Crippen LogP contribution in [0.15, 0.2) is 59.6 Å². The lowest BCUT2D eigenvalue weighted by Crippen LogP contribution is -2.41. The van der Waals surface area contributed by atoms with E-state index in [0.29, 0.717) is 13.1 Å². The summed E-state index contributed by atoms with van der Waals surface area (Å²) in [5.74, 6) is 2.48. The van der Waals surface area contributed by atoms with E-state index in [1.807, 2.05) is 68.4 Å². The van der Waals surface area contributed by atoms with Gasteiger partial charge in [-0.2, -0.15) is 0 Å². The smallest absolute Gasteiger partial charge is 0.191 e. The van der Waals surface area contributed by atoms with Crippen LogP contribution in [0.5, 0.6) is 11.5 Å². The van der Waals surface area contributed by atoms with Gasteiger partial charge < -0.3 is 20.1 Å². The molecule has 0 bridgehead atoms. The molecule has 2 aromatic rings. The fraction of sp³-hybridized carbons (Fsp3) is 0.350. The molecule has 0 amide bonds. The second kappa shape index (κ2) is 10.2. The summed E-state index contributed by atoms with van der Waals surface area (Å²) in [5, 5.41) is 6.57. The molecular weight excluding hydrogens is 314 g/mol. The van der Waals surface area contributed by atoms with Crippen molar-refractivity contribution in [2.24, 2.45) is 4.99 Å². The highest BCUT2D eigenvalue weighted by Gasteiger charge is 2.06. The molecule has 134 valence electrons.